The summed E-state index contributed by atoms with van der Waals surface area (Å²) in [5, 5.41) is 7.62. The molecule has 3 heterocycles. The Bertz CT molecular complexity index is 1190. The summed E-state index contributed by atoms with van der Waals surface area (Å²) in [5.74, 6) is 2.93. The lowest BCUT2D eigenvalue weighted by Crippen LogP contribution is -2.25. The van der Waals surface area contributed by atoms with Gasteiger partial charge in [-0.1, -0.05) is 31.9 Å². The van der Waals surface area contributed by atoms with Gasteiger partial charge < -0.3 is 18.9 Å². The molecule has 0 bridgehead atoms. The van der Waals surface area contributed by atoms with Gasteiger partial charge in [0.1, 0.15) is 24.3 Å². The molecule has 2 fully saturated rings. The number of benzene rings is 1. The number of nitrogens with zero attached hydrogens (tertiary/aromatic N) is 3. The van der Waals surface area contributed by atoms with Crippen LogP contribution in [0.15, 0.2) is 30.3 Å². The Labute approximate surface area is 212 Å². The molecular weight excluding hydrogens is 456 g/mol. The number of hydrogen-bond acceptors (Lipinski definition) is 7. The Balaban J connectivity index is 1.27. The predicted octanol–water partition coefficient (Wildman–Crippen LogP) is 5.22. The van der Waals surface area contributed by atoms with Crippen molar-refractivity contribution in [2.75, 3.05) is 20.3 Å². The molecule has 1 aliphatic carbocycles. The van der Waals surface area contributed by atoms with E-state index in [1.165, 1.54) is 25.7 Å². The number of ether oxygens (including phenoxy) is 4. The summed E-state index contributed by atoms with van der Waals surface area (Å²) in [7, 11) is 1.65. The topological polar surface area (TPSA) is 91.4 Å². The van der Waals surface area contributed by atoms with Gasteiger partial charge >= 0.3 is 0 Å². The number of methoxy groups -OCH3 is 1. The minimum Gasteiger partial charge on any atom is -0.491 e. The van der Waals surface area contributed by atoms with Crippen molar-refractivity contribution in [3.63, 3.8) is 0 Å². The third kappa shape index (κ3) is 5.71. The summed E-state index contributed by atoms with van der Waals surface area (Å²) in [4.78, 5) is 9.48. The lowest BCUT2D eigenvalue weighted by atomic mass is 10.0. The van der Waals surface area contributed by atoms with E-state index >= 15 is 0 Å². The van der Waals surface area contributed by atoms with Gasteiger partial charge in [0, 0.05) is 29.7 Å². The Kier molecular flexibility index (Phi) is 7.25. The highest BCUT2D eigenvalue weighted by Gasteiger charge is 2.33. The fraction of sp³-hybridized carbons (Fsp3) is 0.536. The zero-order chi connectivity index (χ0) is 25.1. The SMILES string of the molecule is CCc1cc(Cc2nc(-c3cc(OC)nc(C4CCCC4)c3)n[nH]2)ccc1OC[C@@H]1COC(C)(C)O1. The van der Waals surface area contributed by atoms with Crippen molar-refractivity contribution in [1.29, 1.82) is 0 Å². The van der Waals surface area contributed by atoms with Gasteiger partial charge in [0.05, 0.1) is 13.7 Å². The average molecular weight is 493 g/mol. The number of aromatic amines is 1. The molecule has 1 N–H and O–H groups in total. The Morgan fingerprint density at radius 1 is 1.11 bits per heavy atom. The lowest BCUT2D eigenvalue weighted by molar-refractivity contribution is -0.141. The van der Waals surface area contributed by atoms with E-state index in [1.54, 1.807) is 7.11 Å². The van der Waals surface area contributed by atoms with Crippen LogP contribution in [-0.2, 0) is 22.3 Å². The fourth-order valence-electron chi connectivity index (χ4n) is 5.07. The quantitative estimate of drug-likeness (QED) is 0.438. The molecule has 8 heteroatoms. The van der Waals surface area contributed by atoms with Crippen LogP contribution >= 0.6 is 0 Å². The number of rotatable bonds is 9. The first-order valence-electron chi connectivity index (χ1n) is 13.0. The van der Waals surface area contributed by atoms with Crippen LogP contribution in [0, 0.1) is 0 Å². The van der Waals surface area contributed by atoms with Gasteiger partial charge in [-0.2, -0.15) is 5.10 Å². The molecule has 2 aromatic heterocycles. The molecule has 0 unspecified atom stereocenters. The zero-order valence-electron chi connectivity index (χ0n) is 21.7. The lowest BCUT2D eigenvalue weighted by Gasteiger charge is -2.18. The van der Waals surface area contributed by atoms with Crippen LogP contribution in [0.2, 0.25) is 0 Å². The van der Waals surface area contributed by atoms with E-state index in [4.69, 9.17) is 28.9 Å². The summed E-state index contributed by atoms with van der Waals surface area (Å²) in [6.45, 7) is 7.00. The summed E-state index contributed by atoms with van der Waals surface area (Å²) in [6.07, 6.45) is 6.35. The number of pyridine rings is 1. The van der Waals surface area contributed by atoms with Gasteiger partial charge in [0.15, 0.2) is 11.6 Å². The highest BCUT2D eigenvalue weighted by atomic mass is 16.7. The van der Waals surface area contributed by atoms with E-state index < -0.39 is 5.79 Å². The van der Waals surface area contributed by atoms with E-state index in [9.17, 15) is 0 Å². The van der Waals surface area contributed by atoms with Gasteiger partial charge in [-0.3, -0.25) is 5.10 Å². The standard InChI is InChI=1S/C28H36N4O4/c1-5-19-12-18(10-11-24(19)34-16-22-17-35-28(2,3)36-22)13-25-30-27(32-31-25)21-14-23(20-8-6-7-9-20)29-26(15-21)33-4/h10-12,14-15,20,22H,5-9,13,16-17H2,1-4H3,(H,30,31,32)/t22-/m1/s1. The number of hydrogen-bond donors (Lipinski definition) is 1. The maximum Gasteiger partial charge on any atom is 0.213 e. The molecule has 3 aromatic rings. The predicted molar refractivity (Wildman–Crippen MR) is 136 cm³/mol. The zero-order valence-corrected chi connectivity index (χ0v) is 21.7. The Hall–Kier alpha value is -2.97. The monoisotopic (exact) mass is 492 g/mol. The van der Waals surface area contributed by atoms with Crippen molar-refractivity contribution < 1.29 is 18.9 Å². The minimum absolute atomic E-state index is 0.0574. The van der Waals surface area contributed by atoms with Gasteiger partial charge in [-0.25, -0.2) is 9.97 Å². The van der Waals surface area contributed by atoms with Gasteiger partial charge in [0.2, 0.25) is 5.88 Å². The summed E-state index contributed by atoms with van der Waals surface area (Å²) < 4.78 is 23.1. The third-order valence-electron chi connectivity index (χ3n) is 6.96. The van der Waals surface area contributed by atoms with Crippen LogP contribution in [0.1, 0.15) is 75.0 Å². The van der Waals surface area contributed by atoms with Gasteiger partial charge in [0.25, 0.3) is 0 Å². The third-order valence-corrected chi connectivity index (χ3v) is 6.96. The molecule has 1 atom stereocenters. The van der Waals surface area contributed by atoms with E-state index in [0.29, 0.717) is 37.3 Å². The van der Waals surface area contributed by atoms with Crippen molar-refractivity contribution in [1.82, 2.24) is 20.2 Å². The number of H-pyrrole nitrogens is 1. The molecule has 1 aliphatic heterocycles. The van der Waals surface area contributed by atoms with Crippen LogP contribution in [0.5, 0.6) is 11.6 Å². The number of aromatic nitrogens is 4. The minimum atomic E-state index is -0.541. The second-order valence-corrected chi connectivity index (χ2v) is 10.1. The van der Waals surface area contributed by atoms with Crippen LogP contribution < -0.4 is 9.47 Å². The molecule has 0 amide bonds. The van der Waals surface area contributed by atoms with E-state index in [2.05, 4.69) is 35.3 Å². The van der Waals surface area contributed by atoms with Gasteiger partial charge in [-0.05, 0) is 56.4 Å². The van der Waals surface area contributed by atoms with Crippen LogP contribution in [-0.4, -0.2) is 52.4 Å². The summed E-state index contributed by atoms with van der Waals surface area (Å²) >= 11 is 0. The molecule has 1 saturated carbocycles. The average Bonchev–Trinajstić information content (AvgIpc) is 3.64. The Morgan fingerprint density at radius 2 is 1.94 bits per heavy atom. The molecule has 0 spiro atoms. The van der Waals surface area contributed by atoms with Crippen molar-refractivity contribution in [3.05, 3.63) is 53.0 Å². The highest BCUT2D eigenvalue weighted by molar-refractivity contribution is 5.57. The van der Waals surface area contributed by atoms with Gasteiger partial charge in [-0.15, -0.1) is 0 Å². The first-order chi connectivity index (χ1) is 17.4. The molecule has 192 valence electrons. The smallest absolute Gasteiger partial charge is 0.213 e. The molecule has 2 aliphatic rings. The summed E-state index contributed by atoms with van der Waals surface area (Å²) in [5.41, 5.74) is 4.33. The molecule has 0 radical (unpaired) electrons. The molecule has 8 nitrogen and oxygen atoms in total. The highest BCUT2D eigenvalue weighted by Crippen LogP contribution is 2.35. The van der Waals surface area contributed by atoms with Crippen molar-refractivity contribution in [3.8, 4) is 23.0 Å². The number of nitrogens with one attached hydrogen (secondary N) is 1. The van der Waals surface area contributed by atoms with Crippen LogP contribution in [0.25, 0.3) is 11.4 Å². The van der Waals surface area contributed by atoms with E-state index in [0.717, 1.165) is 40.4 Å². The largest absolute Gasteiger partial charge is 0.491 e. The fourth-order valence-corrected chi connectivity index (χ4v) is 5.07. The summed E-state index contributed by atoms with van der Waals surface area (Å²) in [6, 6.07) is 10.3. The molecule has 36 heavy (non-hydrogen) atoms. The second-order valence-electron chi connectivity index (χ2n) is 10.1. The molecule has 1 aromatic carbocycles. The van der Waals surface area contributed by atoms with Crippen molar-refractivity contribution in [2.24, 2.45) is 0 Å². The van der Waals surface area contributed by atoms with E-state index in [-0.39, 0.29) is 6.10 Å². The van der Waals surface area contributed by atoms with Crippen molar-refractivity contribution in [2.45, 2.75) is 77.1 Å². The first-order valence-corrected chi connectivity index (χ1v) is 13.0. The molecule has 1 saturated heterocycles. The maximum atomic E-state index is 6.09. The second kappa shape index (κ2) is 10.6. The van der Waals surface area contributed by atoms with Crippen LogP contribution in [0.3, 0.4) is 0 Å². The van der Waals surface area contributed by atoms with Crippen LogP contribution in [0.4, 0.5) is 0 Å². The number of aryl methyl sites for hydroxylation is 1. The first kappa shape index (κ1) is 24.7. The normalized spacial score (nSPS) is 19.6. The van der Waals surface area contributed by atoms with Crippen molar-refractivity contribution >= 4 is 0 Å². The molecule has 5 rings (SSSR count). The molecular formula is C28H36N4O4. The van der Waals surface area contributed by atoms with E-state index in [1.807, 2.05) is 26.0 Å². The maximum absolute atomic E-state index is 6.09. The Morgan fingerprint density at radius 3 is 2.67 bits per heavy atom.